The van der Waals surface area contributed by atoms with Gasteiger partial charge in [-0.15, -0.1) is 23.5 Å². The van der Waals surface area contributed by atoms with Crippen molar-refractivity contribution in [1.82, 2.24) is 0 Å². The van der Waals surface area contributed by atoms with Gasteiger partial charge in [0.1, 0.15) is 11.5 Å². The molecular weight excluding hydrogens is 356 g/mol. The Bertz CT molecular complexity index is 619. The zero-order valence-corrected chi connectivity index (χ0v) is 16.2. The summed E-state index contributed by atoms with van der Waals surface area (Å²) in [5, 5.41) is 18.4. The monoisotopic (exact) mass is 380 g/mol. The minimum atomic E-state index is 0.0362. The third-order valence-corrected chi connectivity index (χ3v) is 5.14. The molecule has 2 aromatic carbocycles. The molecule has 2 aromatic rings. The van der Waals surface area contributed by atoms with Crippen LogP contribution in [0.5, 0.6) is 11.5 Å². The second-order valence-corrected chi connectivity index (χ2v) is 7.03. The Balaban J connectivity index is 1.82. The number of hydrogen-bond donors (Lipinski definition) is 2. The van der Waals surface area contributed by atoms with Crippen LogP contribution in [0.15, 0.2) is 46.2 Å². The molecule has 0 saturated carbocycles. The first kappa shape index (κ1) is 20.0. The maximum Gasteiger partial charge on any atom is 0.132 e. The maximum absolute atomic E-state index is 9.20. The van der Waals surface area contributed by atoms with E-state index in [1.165, 1.54) is 0 Å². The van der Waals surface area contributed by atoms with Gasteiger partial charge in [-0.1, -0.05) is 12.1 Å². The first-order valence-corrected chi connectivity index (χ1v) is 10.5. The van der Waals surface area contributed by atoms with Crippen molar-refractivity contribution < 1.29 is 19.7 Å². The van der Waals surface area contributed by atoms with Gasteiger partial charge in [0.15, 0.2) is 0 Å². The number of thioether (sulfide) groups is 2. The van der Waals surface area contributed by atoms with Gasteiger partial charge in [-0.2, -0.15) is 0 Å². The SMILES string of the molecule is CSc1cc(CO)ccc1OCCCOc1ccc(CO)cc1SC. The van der Waals surface area contributed by atoms with Crippen LogP contribution in [-0.4, -0.2) is 35.9 Å². The highest BCUT2D eigenvalue weighted by atomic mass is 32.2. The standard InChI is InChI=1S/C19H24O4S2/c1-24-18-10-14(12-20)4-6-16(18)22-8-3-9-23-17-7-5-15(13-21)11-19(17)25-2/h4-7,10-11,20-21H,3,8-9,12-13H2,1-2H3. The van der Waals surface area contributed by atoms with Gasteiger partial charge in [-0.25, -0.2) is 0 Å². The number of aliphatic hydroxyl groups is 2. The number of hydrogen-bond acceptors (Lipinski definition) is 6. The van der Waals surface area contributed by atoms with Crippen molar-refractivity contribution >= 4 is 23.5 Å². The summed E-state index contributed by atoms with van der Waals surface area (Å²) in [5.41, 5.74) is 1.77. The van der Waals surface area contributed by atoms with Gasteiger partial charge < -0.3 is 19.7 Å². The number of benzene rings is 2. The first-order chi connectivity index (χ1) is 12.2. The van der Waals surface area contributed by atoms with Crippen LogP contribution in [0.25, 0.3) is 0 Å². The average molecular weight is 381 g/mol. The van der Waals surface area contributed by atoms with E-state index in [0.29, 0.717) is 13.2 Å². The van der Waals surface area contributed by atoms with E-state index < -0.39 is 0 Å². The minimum absolute atomic E-state index is 0.0362. The van der Waals surface area contributed by atoms with Crippen molar-refractivity contribution in [2.24, 2.45) is 0 Å². The number of aliphatic hydroxyl groups excluding tert-OH is 2. The molecular formula is C19H24O4S2. The fourth-order valence-corrected chi connectivity index (χ4v) is 3.48. The maximum atomic E-state index is 9.20. The fourth-order valence-electron chi connectivity index (χ4n) is 2.28. The van der Waals surface area contributed by atoms with Crippen LogP contribution in [-0.2, 0) is 13.2 Å². The summed E-state index contributed by atoms with van der Waals surface area (Å²) in [6.07, 6.45) is 4.75. The Kier molecular flexibility index (Phi) is 8.48. The predicted molar refractivity (Wildman–Crippen MR) is 104 cm³/mol. The molecule has 2 rings (SSSR count). The summed E-state index contributed by atoms with van der Waals surface area (Å²) in [4.78, 5) is 2.05. The Morgan fingerprint density at radius 2 is 1.20 bits per heavy atom. The third-order valence-electron chi connectivity index (χ3n) is 3.63. The van der Waals surface area contributed by atoms with Crippen molar-refractivity contribution in [2.75, 3.05) is 25.7 Å². The van der Waals surface area contributed by atoms with Crippen LogP contribution >= 0.6 is 23.5 Å². The van der Waals surface area contributed by atoms with E-state index in [-0.39, 0.29) is 13.2 Å². The Morgan fingerprint density at radius 1 is 0.760 bits per heavy atom. The molecule has 2 N–H and O–H groups in total. The molecule has 0 aliphatic rings. The van der Waals surface area contributed by atoms with E-state index in [4.69, 9.17) is 9.47 Å². The first-order valence-electron chi connectivity index (χ1n) is 8.03. The average Bonchev–Trinajstić information content (AvgIpc) is 2.67. The van der Waals surface area contributed by atoms with Gasteiger partial charge in [0.2, 0.25) is 0 Å². The Hall–Kier alpha value is -1.34. The van der Waals surface area contributed by atoms with E-state index in [0.717, 1.165) is 38.8 Å². The van der Waals surface area contributed by atoms with Crippen LogP contribution in [0.4, 0.5) is 0 Å². The van der Waals surface area contributed by atoms with Crippen LogP contribution < -0.4 is 9.47 Å². The molecule has 0 bridgehead atoms. The highest BCUT2D eigenvalue weighted by Gasteiger charge is 2.06. The summed E-state index contributed by atoms with van der Waals surface area (Å²) < 4.78 is 11.7. The molecule has 6 heteroatoms. The van der Waals surface area contributed by atoms with Crippen molar-refractivity contribution in [3.05, 3.63) is 47.5 Å². The van der Waals surface area contributed by atoms with E-state index in [2.05, 4.69) is 0 Å². The van der Waals surface area contributed by atoms with Gasteiger partial charge in [-0.3, -0.25) is 0 Å². The minimum Gasteiger partial charge on any atom is -0.492 e. The lowest BCUT2D eigenvalue weighted by atomic mass is 10.2. The highest BCUT2D eigenvalue weighted by molar-refractivity contribution is 7.99. The van der Waals surface area contributed by atoms with Crippen LogP contribution in [0.2, 0.25) is 0 Å². The van der Waals surface area contributed by atoms with Gasteiger partial charge in [0.25, 0.3) is 0 Å². The van der Waals surface area contributed by atoms with Gasteiger partial charge >= 0.3 is 0 Å². The molecule has 0 unspecified atom stereocenters. The lowest BCUT2D eigenvalue weighted by Crippen LogP contribution is -2.06. The van der Waals surface area contributed by atoms with E-state index in [9.17, 15) is 10.2 Å². The molecule has 4 nitrogen and oxygen atoms in total. The second-order valence-electron chi connectivity index (χ2n) is 5.34. The molecule has 0 atom stereocenters. The summed E-state index contributed by atoms with van der Waals surface area (Å²) >= 11 is 3.21. The second kappa shape index (κ2) is 10.6. The molecule has 0 aromatic heterocycles. The molecule has 25 heavy (non-hydrogen) atoms. The van der Waals surface area contributed by atoms with E-state index >= 15 is 0 Å². The lowest BCUT2D eigenvalue weighted by molar-refractivity contribution is 0.241. The fraction of sp³-hybridized carbons (Fsp3) is 0.368. The molecule has 0 fully saturated rings. The largest absolute Gasteiger partial charge is 0.492 e. The summed E-state index contributed by atoms with van der Waals surface area (Å²) in [6.45, 7) is 1.20. The van der Waals surface area contributed by atoms with Crippen molar-refractivity contribution in [3.63, 3.8) is 0 Å². The molecule has 136 valence electrons. The number of rotatable bonds is 10. The Labute approximate surface area is 157 Å². The third kappa shape index (κ3) is 5.85. The molecule has 0 heterocycles. The van der Waals surface area contributed by atoms with Crippen molar-refractivity contribution in [2.45, 2.75) is 29.4 Å². The van der Waals surface area contributed by atoms with Gasteiger partial charge in [0, 0.05) is 16.2 Å². The van der Waals surface area contributed by atoms with Crippen molar-refractivity contribution in [3.8, 4) is 11.5 Å². The molecule has 0 spiro atoms. The van der Waals surface area contributed by atoms with Crippen LogP contribution in [0.1, 0.15) is 17.5 Å². The van der Waals surface area contributed by atoms with Crippen LogP contribution in [0, 0.1) is 0 Å². The van der Waals surface area contributed by atoms with E-state index in [1.54, 1.807) is 23.5 Å². The van der Waals surface area contributed by atoms with Crippen LogP contribution in [0.3, 0.4) is 0 Å². The molecule has 0 radical (unpaired) electrons. The van der Waals surface area contributed by atoms with Gasteiger partial charge in [-0.05, 0) is 47.9 Å². The number of ether oxygens (including phenoxy) is 2. The highest BCUT2D eigenvalue weighted by Crippen LogP contribution is 2.30. The summed E-state index contributed by atoms with van der Waals surface area (Å²) in [7, 11) is 0. The summed E-state index contributed by atoms with van der Waals surface area (Å²) in [5.74, 6) is 1.67. The molecule has 0 amide bonds. The molecule has 0 aliphatic heterocycles. The predicted octanol–water partition coefficient (Wildman–Crippen LogP) is 3.96. The van der Waals surface area contributed by atoms with Gasteiger partial charge in [0.05, 0.1) is 26.4 Å². The molecule has 0 saturated heterocycles. The topological polar surface area (TPSA) is 58.9 Å². The van der Waals surface area contributed by atoms with E-state index in [1.807, 2.05) is 48.9 Å². The zero-order valence-electron chi connectivity index (χ0n) is 14.5. The quantitative estimate of drug-likeness (QED) is 0.481. The zero-order chi connectivity index (χ0) is 18.1. The lowest BCUT2D eigenvalue weighted by Gasteiger charge is -2.13. The smallest absolute Gasteiger partial charge is 0.132 e. The Morgan fingerprint density at radius 3 is 1.56 bits per heavy atom. The molecule has 0 aliphatic carbocycles. The van der Waals surface area contributed by atoms with Crippen molar-refractivity contribution in [1.29, 1.82) is 0 Å². The summed E-state index contributed by atoms with van der Waals surface area (Å²) in [6, 6.07) is 11.4. The normalized spacial score (nSPS) is 10.7.